The van der Waals surface area contributed by atoms with Crippen molar-refractivity contribution in [1.29, 1.82) is 0 Å². The van der Waals surface area contributed by atoms with Crippen LogP contribution in [0.4, 0.5) is 0 Å². The van der Waals surface area contributed by atoms with E-state index in [-0.39, 0.29) is 6.10 Å². The first-order valence-corrected chi connectivity index (χ1v) is 14.0. The summed E-state index contributed by atoms with van der Waals surface area (Å²) in [6, 6.07) is 0. The lowest BCUT2D eigenvalue weighted by molar-refractivity contribution is -0.152. The maximum absolute atomic E-state index is 10.8. The molecule has 1 N–H and O–H groups in total. The van der Waals surface area contributed by atoms with Gasteiger partial charge in [0.25, 0.3) is 0 Å². The first-order chi connectivity index (χ1) is 14.7. The average molecular weight is 429 g/mol. The Morgan fingerprint density at radius 2 is 1.55 bits per heavy atom. The fourth-order valence-electron chi connectivity index (χ4n) is 10.0. The molecule has 178 valence electrons. The highest BCUT2D eigenvalue weighted by molar-refractivity contribution is 5.11. The summed E-state index contributed by atoms with van der Waals surface area (Å²) >= 11 is 0. The van der Waals surface area contributed by atoms with Crippen LogP contribution in [0, 0.1) is 58.2 Å². The Hall–Kier alpha value is -0.300. The van der Waals surface area contributed by atoms with Crippen molar-refractivity contribution in [3.63, 3.8) is 0 Å². The first-order valence-electron chi connectivity index (χ1n) is 14.0. The Labute approximate surface area is 193 Å². The van der Waals surface area contributed by atoms with Crippen molar-refractivity contribution in [1.82, 2.24) is 0 Å². The predicted molar refractivity (Wildman–Crippen MR) is 133 cm³/mol. The second-order valence-corrected chi connectivity index (χ2v) is 13.4. The van der Waals surface area contributed by atoms with Crippen LogP contribution in [0.15, 0.2) is 12.7 Å². The number of hydrogen-bond acceptors (Lipinski definition) is 1. The van der Waals surface area contributed by atoms with E-state index in [1.54, 1.807) is 0 Å². The van der Waals surface area contributed by atoms with Gasteiger partial charge >= 0.3 is 0 Å². The molecule has 0 aliphatic heterocycles. The van der Waals surface area contributed by atoms with Crippen LogP contribution in [0.5, 0.6) is 0 Å². The summed E-state index contributed by atoms with van der Waals surface area (Å²) in [5.74, 6) is 6.70. The third-order valence-corrected chi connectivity index (χ3v) is 11.6. The molecule has 0 bridgehead atoms. The van der Waals surface area contributed by atoms with E-state index in [9.17, 15) is 5.11 Å². The molecule has 4 aliphatic rings. The zero-order valence-electron chi connectivity index (χ0n) is 21.4. The van der Waals surface area contributed by atoms with Gasteiger partial charge in [0.05, 0.1) is 6.10 Å². The molecule has 0 saturated heterocycles. The molecule has 10 atom stereocenters. The van der Waals surface area contributed by atoms with Crippen LogP contribution >= 0.6 is 0 Å². The third kappa shape index (κ3) is 4.08. The van der Waals surface area contributed by atoms with Crippen LogP contribution in [-0.4, -0.2) is 11.2 Å². The maximum atomic E-state index is 10.8. The Kier molecular flexibility index (Phi) is 7.04. The van der Waals surface area contributed by atoms with Gasteiger partial charge in [0.2, 0.25) is 0 Å². The highest BCUT2D eigenvalue weighted by Crippen LogP contribution is 2.69. The predicted octanol–water partition coefficient (Wildman–Crippen LogP) is 8.27. The van der Waals surface area contributed by atoms with Crippen LogP contribution in [-0.2, 0) is 0 Å². The van der Waals surface area contributed by atoms with E-state index >= 15 is 0 Å². The Bertz CT molecular complexity index is 624. The molecule has 0 heterocycles. The SMILES string of the molecule is C=CCC1C(O)CC[C@@]2(C)C1CC[C@H]1[C@@H]3CC[C@H]([C@H](C)CCCC(C)C)[C@@]3(C)CC[C@@H]12. The van der Waals surface area contributed by atoms with Crippen molar-refractivity contribution >= 4 is 0 Å². The molecular formula is C30H52O. The van der Waals surface area contributed by atoms with E-state index in [1.165, 1.54) is 64.2 Å². The zero-order valence-corrected chi connectivity index (χ0v) is 21.4. The van der Waals surface area contributed by atoms with E-state index in [0.717, 1.165) is 48.3 Å². The minimum absolute atomic E-state index is 0.0935. The van der Waals surface area contributed by atoms with Gasteiger partial charge in [0.15, 0.2) is 0 Å². The van der Waals surface area contributed by atoms with Crippen molar-refractivity contribution in [3.05, 3.63) is 12.7 Å². The fourth-order valence-corrected chi connectivity index (χ4v) is 10.0. The Morgan fingerprint density at radius 3 is 2.26 bits per heavy atom. The Morgan fingerprint density at radius 1 is 0.871 bits per heavy atom. The minimum Gasteiger partial charge on any atom is -0.393 e. The Balaban J connectivity index is 1.49. The largest absolute Gasteiger partial charge is 0.393 e. The van der Waals surface area contributed by atoms with Gasteiger partial charge in [-0.05, 0) is 116 Å². The molecule has 0 amide bonds. The number of hydrogen-bond donors (Lipinski definition) is 1. The van der Waals surface area contributed by atoms with Gasteiger partial charge < -0.3 is 5.11 Å². The van der Waals surface area contributed by atoms with Gasteiger partial charge in [-0.1, -0.05) is 60.0 Å². The topological polar surface area (TPSA) is 20.2 Å². The molecule has 4 saturated carbocycles. The second-order valence-electron chi connectivity index (χ2n) is 13.4. The summed E-state index contributed by atoms with van der Waals surface area (Å²) in [7, 11) is 0. The minimum atomic E-state index is -0.0935. The van der Waals surface area contributed by atoms with Crippen LogP contribution in [0.25, 0.3) is 0 Å². The summed E-state index contributed by atoms with van der Waals surface area (Å²) < 4.78 is 0. The van der Waals surface area contributed by atoms with Crippen molar-refractivity contribution in [2.24, 2.45) is 58.2 Å². The summed E-state index contributed by atoms with van der Waals surface area (Å²) in [4.78, 5) is 0. The van der Waals surface area contributed by atoms with E-state index in [4.69, 9.17) is 0 Å². The van der Waals surface area contributed by atoms with Crippen molar-refractivity contribution in [3.8, 4) is 0 Å². The zero-order chi connectivity index (χ0) is 22.4. The van der Waals surface area contributed by atoms with Crippen molar-refractivity contribution < 1.29 is 5.11 Å². The smallest absolute Gasteiger partial charge is 0.0574 e. The van der Waals surface area contributed by atoms with Gasteiger partial charge in [0, 0.05) is 0 Å². The third-order valence-electron chi connectivity index (χ3n) is 11.6. The molecule has 1 heteroatoms. The van der Waals surface area contributed by atoms with E-state index in [1.807, 2.05) is 0 Å². The highest BCUT2D eigenvalue weighted by atomic mass is 16.3. The average Bonchev–Trinajstić information content (AvgIpc) is 3.07. The van der Waals surface area contributed by atoms with E-state index in [0.29, 0.717) is 22.7 Å². The molecule has 3 unspecified atom stereocenters. The van der Waals surface area contributed by atoms with E-state index in [2.05, 4.69) is 47.3 Å². The molecule has 0 aromatic heterocycles. The van der Waals surface area contributed by atoms with Crippen LogP contribution in [0.1, 0.15) is 112 Å². The van der Waals surface area contributed by atoms with Gasteiger partial charge in [-0.25, -0.2) is 0 Å². The van der Waals surface area contributed by atoms with Gasteiger partial charge in [-0.15, -0.1) is 6.58 Å². The fraction of sp³-hybridized carbons (Fsp3) is 0.933. The van der Waals surface area contributed by atoms with Gasteiger partial charge in [-0.3, -0.25) is 0 Å². The van der Waals surface area contributed by atoms with Crippen LogP contribution in [0.3, 0.4) is 0 Å². The standard InChI is InChI=1S/C30H52O/c1-7-9-23-26-13-12-22-25-15-14-24(21(4)11-8-10-20(2)3)29(25,5)18-16-27(22)30(26,6)19-17-28(23)31/h7,20-28,31H,1,8-19H2,2-6H3/t21-,22+,23?,24-,25+,26?,27+,28?,29-,30+/m1/s1. The number of aliphatic hydroxyl groups excluding tert-OH is 1. The second kappa shape index (κ2) is 9.15. The molecule has 1 nitrogen and oxygen atoms in total. The highest BCUT2D eigenvalue weighted by Gasteiger charge is 2.61. The monoisotopic (exact) mass is 428 g/mol. The van der Waals surface area contributed by atoms with Gasteiger partial charge in [0.1, 0.15) is 0 Å². The number of rotatable bonds is 7. The lowest BCUT2D eigenvalue weighted by Crippen LogP contribution is -2.56. The lowest BCUT2D eigenvalue weighted by atomic mass is 9.43. The summed E-state index contributed by atoms with van der Waals surface area (Å²) in [6.45, 7) is 16.7. The normalized spacial score (nSPS) is 48.0. The summed E-state index contributed by atoms with van der Waals surface area (Å²) in [6.07, 6.45) is 18.2. The van der Waals surface area contributed by atoms with Gasteiger partial charge in [-0.2, -0.15) is 0 Å². The molecule has 0 aromatic rings. The molecule has 0 aromatic carbocycles. The molecule has 31 heavy (non-hydrogen) atoms. The lowest BCUT2D eigenvalue weighted by Gasteiger charge is -2.62. The molecule has 4 aliphatic carbocycles. The summed E-state index contributed by atoms with van der Waals surface area (Å²) in [5.41, 5.74) is 1.05. The van der Waals surface area contributed by atoms with Crippen molar-refractivity contribution in [2.75, 3.05) is 0 Å². The summed E-state index contributed by atoms with van der Waals surface area (Å²) in [5, 5.41) is 10.8. The molecule has 4 rings (SSSR count). The van der Waals surface area contributed by atoms with E-state index < -0.39 is 0 Å². The molecule has 0 spiro atoms. The molecule has 0 radical (unpaired) electrons. The molecular weight excluding hydrogens is 376 g/mol. The van der Waals surface area contributed by atoms with Crippen LogP contribution in [0.2, 0.25) is 0 Å². The quantitative estimate of drug-likeness (QED) is 0.404. The van der Waals surface area contributed by atoms with Crippen LogP contribution < -0.4 is 0 Å². The number of aliphatic hydroxyl groups is 1. The molecule has 4 fully saturated rings. The number of allylic oxidation sites excluding steroid dienone is 1. The van der Waals surface area contributed by atoms with Crippen molar-refractivity contribution in [2.45, 2.75) is 118 Å². The first kappa shape index (κ1) is 23.8. The number of fused-ring (bicyclic) bond motifs is 5. The maximum Gasteiger partial charge on any atom is 0.0574 e.